The maximum absolute atomic E-state index is 8.56. The molecule has 1 heterocycles. The standard InChI is InChI=1S/C9H7N3O/c10-4-6-2-1-3-7-9(6)12-8(5-11)13-7/h1-3H,4,10H2. The highest BCUT2D eigenvalue weighted by atomic mass is 16.3. The molecule has 0 saturated carbocycles. The third-order valence-corrected chi connectivity index (χ3v) is 1.82. The summed E-state index contributed by atoms with van der Waals surface area (Å²) in [5.41, 5.74) is 7.69. The summed E-state index contributed by atoms with van der Waals surface area (Å²) in [4.78, 5) is 3.99. The molecule has 0 saturated heterocycles. The lowest BCUT2D eigenvalue weighted by Gasteiger charge is -1.93. The Morgan fingerprint density at radius 3 is 3.08 bits per heavy atom. The topological polar surface area (TPSA) is 75.8 Å². The summed E-state index contributed by atoms with van der Waals surface area (Å²) in [6, 6.07) is 7.31. The highest BCUT2D eigenvalue weighted by molar-refractivity contribution is 5.76. The predicted octanol–water partition coefficient (Wildman–Crippen LogP) is 1.16. The minimum absolute atomic E-state index is 0.0795. The van der Waals surface area contributed by atoms with Crippen LogP contribution < -0.4 is 5.73 Å². The van der Waals surface area contributed by atoms with Gasteiger partial charge in [0, 0.05) is 6.54 Å². The highest BCUT2D eigenvalue weighted by Crippen LogP contribution is 2.18. The first-order valence-electron chi connectivity index (χ1n) is 3.83. The zero-order valence-electron chi connectivity index (χ0n) is 6.82. The molecule has 13 heavy (non-hydrogen) atoms. The molecule has 0 radical (unpaired) electrons. The quantitative estimate of drug-likeness (QED) is 0.702. The van der Waals surface area contributed by atoms with Crippen molar-refractivity contribution in [3.63, 3.8) is 0 Å². The Balaban J connectivity index is 2.76. The van der Waals surface area contributed by atoms with Gasteiger partial charge >= 0.3 is 5.89 Å². The molecule has 4 nitrogen and oxygen atoms in total. The number of rotatable bonds is 1. The Labute approximate surface area is 74.6 Å². The molecule has 0 aliphatic carbocycles. The monoisotopic (exact) mass is 173 g/mol. The maximum atomic E-state index is 8.56. The lowest BCUT2D eigenvalue weighted by Crippen LogP contribution is -1.96. The second-order valence-electron chi connectivity index (χ2n) is 2.60. The van der Waals surface area contributed by atoms with Gasteiger partial charge in [-0.2, -0.15) is 10.2 Å². The van der Waals surface area contributed by atoms with Gasteiger partial charge in [-0.3, -0.25) is 0 Å². The van der Waals surface area contributed by atoms with Crippen LogP contribution in [0.15, 0.2) is 22.6 Å². The second kappa shape index (κ2) is 2.88. The van der Waals surface area contributed by atoms with Crippen molar-refractivity contribution in [1.29, 1.82) is 5.26 Å². The molecule has 4 heteroatoms. The van der Waals surface area contributed by atoms with E-state index < -0.39 is 0 Å². The molecule has 1 aromatic heterocycles. The average molecular weight is 173 g/mol. The number of aromatic nitrogens is 1. The number of nitriles is 1. The Hall–Kier alpha value is -1.86. The van der Waals surface area contributed by atoms with Crippen LogP contribution in [0, 0.1) is 11.3 Å². The average Bonchev–Trinajstić information content (AvgIpc) is 2.59. The zero-order chi connectivity index (χ0) is 9.26. The van der Waals surface area contributed by atoms with Crippen molar-refractivity contribution in [1.82, 2.24) is 4.98 Å². The molecule has 2 aromatic rings. The number of nitrogens with two attached hydrogens (primary N) is 1. The minimum Gasteiger partial charge on any atom is -0.428 e. The van der Waals surface area contributed by atoms with Gasteiger partial charge in [0.2, 0.25) is 0 Å². The van der Waals surface area contributed by atoms with E-state index in [0.717, 1.165) is 5.56 Å². The fraction of sp³-hybridized carbons (Fsp3) is 0.111. The molecule has 2 rings (SSSR count). The van der Waals surface area contributed by atoms with Gasteiger partial charge in [-0.15, -0.1) is 0 Å². The maximum Gasteiger partial charge on any atom is 0.301 e. The SMILES string of the molecule is N#Cc1nc2c(CN)cccc2o1. The first-order chi connectivity index (χ1) is 6.35. The number of benzene rings is 1. The van der Waals surface area contributed by atoms with Crippen molar-refractivity contribution < 1.29 is 4.42 Å². The van der Waals surface area contributed by atoms with Gasteiger partial charge in [0.15, 0.2) is 11.7 Å². The van der Waals surface area contributed by atoms with Crippen LogP contribution in [0.25, 0.3) is 11.1 Å². The lowest BCUT2D eigenvalue weighted by atomic mass is 10.2. The van der Waals surface area contributed by atoms with Crippen molar-refractivity contribution in [3.8, 4) is 6.07 Å². The molecule has 0 aliphatic rings. The van der Waals surface area contributed by atoms with E-state index in [0.29, 0.717) is 17.6 Å². The van der Waals surface area contributed by atoms with E-state index in [9.17, 15) is 0 Å². The van der Waals surface area contributed by atoms with E-state index in [-0.39, 0.29) is 5.89 Å². The van der Waals surface area contributed by atoms with Crippen molar-refractivity contribution in [2.75, 3.05) is 0 Å². The number of para-hydroxylation sites is 1. The zero-order valence-corrected chi connectivity index (χ0v) is 6.82. The largest absolute Gasteiger partial charge is 0.428 e. The number of fused-ring (bicyclic) bond motifs is 1. The van der Waals surface area contributed by atoms with E-state index in [1.807, 2.05) is 18.2 Å². The number of hydrogen-bond donors (Lipinski definition) is 1. The van der Waals surface area contributed by atoms with E-state index in [1.165, 1.54) is 0 Å². The molecule has 64 valence electrons. The second-order valence-corrected chi connectivity index (χ2v) is 2.60. The molecule has 0 atom stereocenters. The lowest BCUT2D eigenvalue weighted by molar-refractivity contribution is 0.584. The van der Waals surface area contributed by atoms with E-state index in [4.69, 9.17) is 15.4 Å². The van der Waals surface area contributed by atoms with Crippen LogP contribution in [0.3, 0.4) is 0 Å². The van der Waals surface area contributed by atoms with E-state index in [1.54, 1.807) is 6.07 Å². The van der Waals surface area contributed by atoms with Crippen molar-refractivity contribution in [2.45, 2.75) is 6.54 Å². The molecule has 0 amide bonds. The highest BCUT2D eigenvalue weighted by Gasteiger charge is 2.07. The van der Waals surface area contributed by atoms with Crippen LogP contribution in [0.2, 0.25) is 0 Å². The van der Waals surface area contributed by atoms with Crippen molar-refractivity contribution in [3.05, 3.63) is 29.7 Å². The fourth-order valence-corrected chi connectivity index (χ4v) is 1.22. The summed E-state index contributed by atoms with van der Waals surface area (Å²) < 4.78 is 5.13. The molecule has 0 fully saturated rings. The first-order valence-corrected chi connectivity index (χ1v) is 3.83. The summed E-state index contributed by atoms with van der Waals surface area (Å²) in [7, 11) is 0. The summed E-state index contributed by atoms with van der Waals surface area (Å²) in [5, 5.41) is 8.56. The van der Waals surface area contributed by atoms with Crippen LogP contribution in [-0.2, 0) is 6.54 Å². The van der Waals surface area contributed by atoms with Crippen molar-refractivity contribution >= 4 is 11.1 Å². The Bertz CT molecular complexity index is 481. The van der Waals surface area contributed by atoms with E-state index in [2.05, 4.69) is 4.98 Å². The van der Waals surface area contributed by atoms with Gasteiger partial charge in [0.25, 0.3) is 0 Å². The molecule has 0 bridgehead atoms. The normalized spacial score (nSPS) is 10.2. The number of hydrogen-bond acceptors (Lipinski definition) is 4. The molecular formula is C9H7N3O. The Morgan fingerprint density at radius 2 is 2.38 bits per heavy atom. The Morgan fingerprint density at radius 1 is 1.54 bits per heavy atom. The van der Waals surface area contributed by atoms with Gasteiger partial charge in [-0.25, -0.2) is 0 Å². The summed E-state index contributed by atoms with van der Waals surface area (Å²) in [6.07, 6.45) is 0. The summed E-state index contributed by atoms with van der Waals surface area (Å²) in [6.45, 7) is 0.398. The third kappa shape index (κ3) is 1.15. The summed E-state index contributed by atoms with van der Waals surface area (Å²) >= 11 is 0. The van der Waals surface area contributed by atoms with Gasteiger partial charge in [0.05, 0.1) is 0 Å². The molecular weight excluding hydrogens is 166 g/mol. The van der Waals surface area contributed by atoms with Crippen LogP contribution in [0.4, 0.5) is 0 Å². The fourth-order valence-electron chi connectivity index (χ4n) is 1.22. The van der Waals surface area contributed by atoms with Gasteiger partial charge < -0.3 is 10.2 Å². The van der Waals surface area contributed by atoms with Crippen LogP contribution in [0.1, 0.15) is 11.5 Å². The molecule has 0 spiro atoms. The summed E-state index contributed by atoms with van der Waals surface area (Å²) in [5.74, 6) is 0.0795. The van der Waals surface area contributed by atoms with Crippen LogP contribution >= 0.6 is 0 Å². The molecule has 0 unspecified atom stereocenters. The van der Waals surface area contributed by atoms with Crippen molar-refractivity contribution in [2.24, 2.45) is 5.73 Å². The smallest absolute Gasteiger partial charge is 0.301 e. The van der Waals surface area contributed by atoms with E-state index >= 15 is 0 Å². The van der Waals surface area contributed by atoms with Crippen LogP contribution in [0.5, 0.6) is 0 Å². The van der Waals surface area contributed by atoms with Gasteiger partial charge in [-0.05, 0) is 11.6 Å². The van der Waals surface area contributed by atoms with Gasteiger partial charge in [-0.1, -0.05) is 12.1 Å². The van der Waals surface area contributed by atoms with Gasteiger partial charge in [0.1, 0.15) is 5.52 Å². The van der Waals surface area contributed by atoms with Crippen LogP contribution in [-0.4, -0.2) is 4.98 Å². The molecule has 1 aromatic carbocycles. The Kier molecular flexibility index (Phi) is 1.72. The molecule has 0 aliphatic heterocycles. The molecule has 2 N–H and O–H groups in total. The minimum atomic E-state index is 0.0795. The number of oxazole rings is 1. The predicted molar refractivity (Wildman–Crippen MR) is 46.6 cm³/mol. The third-order valence-electron chi connectivity index (χ3n) is 1.82. The first kappa shape index (κ1) is 7.77. The number of nitrogens with zero attached hydrogens (tertiary/aromatic N) is 2.